The van der Waals surface area contributed by atoms with Crippen molar-refractivity contribution in [2.24, 2.45) is 16.5 Å². The number of aromatic nitrogens is 3. The number of terminal acetylenes is 1. The molecule has 0 saturated carbocycles. The van der Waals surface area contributed by atoms with Gasteiger partial charge in [-0.05, 0) is 89.2 Å². The monoisotopic (exact) mass is 801 g/mol. The number of aryl methyl sites for hydroxylation is 1. The van der Waals surface area contributed by atoms with Crippen LogP contribution in [0.5, 0.6) is 17.6 Å². The maximum Gasteiger partial charge on any atom is 0.332 e. The molecule has 288 valence electrons. The lowest BCUT2D eigenvalue weighted by Gasteiger charge is -2.10. The second-order valence-corrected chi connectivity index (χ2v) is 12.2. The van der Waals surface area contributed by atoms with Gasteiger partial charge in [0.1, 0.15) is 5.69 Å². The topological polar surface area (TPSA) is 227 Å². The van der Waals surface area contributed by atoms with Crippen molar-refractivity contribution in [3.63, 3.8) is 0 Å². The van der Waals surface area contributed by atoms with Crippen LogP contribution in [0.1, 0.15) is 17.5 Å². The molecule has 3 rings (SSSR count). The van der Waals surface area contributed by atoms with Gasteiger partial charge in [0.2, 0.25) is 5.88 Å². The van der Waals surface area contributed by atoms with Crippen molar-refractivity contribution in [2.75, 3.05) is 83.2 Å². The molecule has 0 bridgehead atoms. The Hall–Kier alpha value is -5.60. The van der Waals surface area contributed by atoms with Gasteiger partial charge >= 0.3 is 11.4 Å². The van der Waals surface area contributed by atoms with Crippen LogP contribution in [0.2, 0.25) is 0 Å². The molecule has 0 unspecified atom stereocenters. The zero-order chi connectivity index (χ0) is 40.5. The van der Waals surface area contributed by atoms with E-state index in [9.17, 15) is 20.2 Å². The third kappa shape index (κ3) is 20.7. The first kappa shape index (κ1) is 47.4. The van der Waals surface area contributed by atoms with E-state index in [1.165, 1.54) is 38.7 Å². The summed E-state index contributed by atoms with van der Waals surface area (Å²) < 4.78 is 15.1. The van der Waals surface area contributed by atoms with Gasteiger partial charge in [-0.15, -0.1) is 6.42 Å². The highest BCUT2D eigenvalue weighted by atomic mass is 79.9. The first-order chi connectivity index (χ1) is 25.0. The van der Waals surface area contributed by atoms with Gasteiger partial charge in [-0.2, -0.15) is 0 Å². The molecule has 0 amide bonds. The summed E-state index contributed by atoms with van der Waals surface area (Å²) in [5.74, 6) is 8.62. The van der Waals surface area contributed by atoms with Crippen LogP contribution in [0.3, 0.4) is 0 Å². The van der Waals surface area contributed by atoms with E-state index < -0.39 is 9.85 Å². The van der Waals surface area contributed by atoms with Crippen molar-refractivity contribution < 1.29 is 24.1 Å². The normalized spacial score (nSPS) is 9.74. The number of nitrogens with zero attached hydrogens (tertiary/aromatic N) is 9. The SMILES string of the molecule is C#CCN(C)C.COc1ncc(Br)cc1[N+](=O)[O-].COc1ncc(C#CCN(C)C)cc1[N+](=O)[O-].COc1ncc(CCCN(C)C)cc1N=C(N)N. The summed E-state index contributed by atoms with van der Waals surface area (Å²) in [7, 11) is 16.0. The number of nitro groups is 2. The molecule has 3 aromatic rings. The standard InChI is InChI=1S/C12H21N5O.C11H13N3O3.C6H5BrN2O3.C5H9N/c1-17(2)6-4-5-9-7-10(16-12(13)14)11(18-3)15-8-9;1-13(2)6-4-5-9-7-10(14(15)16)11(17-3)12-8-9;1-12-6-5(9(10)11)2-4(7)3-8-6;1-4-5-6(2)3/h7-8H,4-6H2,1-3H3,(H4,13,14,16);7-8H,6H2,1-3H3;2-3H,1H3;1H,5H2,2-3H3. The number of ether oxygens (including phenoxy) is 3. The minimum absolute atomic E-state index is 0.000501. The minimum Gasteiger partial charge on any atom is -0.479 e. The summed E-state index contributed by atoms with van der Waals surface area (Å²) in [4.78, 5) is 41.8. The quantitative estimate of drug-likeness (QED) is 0.0880. The average molecular weight is 803 g/mol. The largest absolute Gasteiger partial charge is 0.479 e. The van der Waals surface area contributed by atoms with Crippen LogP contribution in [-0.2, 0) is 6.42 Å². The molecular formula is C34H48BrN11O7. The van der Waals surface area contributed by atoms with E-state index in [1.807, 2.05) is 44.1 Å². The fourth-order valence-electron chi connectivity index (χ4n) is 3.58. The van der Waals surface area contributed by atoms with Gasteiger partial charge in [0.05, 0.1) is 49.8 Å². The Morgan fingerprint density at radius 3 is 1.81 bits per heavy atom. The Labute approximate surface area is 319 Å². The number of pyridine rings is 3. The predicted octanol–water partition coefficient (Wildman–Crippen LogP) is 3.34. The van der Waals surface area contributed by atoms with Crippen LogP contribution in [0.25, 0.3) is 0 Å². The van der Waals surface area contributed by atoms with Crippen LogP contribution in [0.4, 0.5) is 17.1 Å². The van der Waals surface area contributed by atoms with Crippen molar-refractivity contribution in [1.29, 1.82) is 0 Å². The summed E-state index contributed by atoms with van der Waals surface area (Å²) in [6.45, 7) is 2.35. The molecule has 53 heavy (non-hydrogen) atoms. The number of rotatable bonds is 12. The Morgan fingerprint density at radius 1 is 0.830 bits per heavy atom. The van der Waals surface area contributed by atoms with E-state index in [0.29, 0.717) is 28.1 Å². The molecule has 0 aliphatic heterocycles. The fourth-order valence-corrected chi connectivity index (χ4v) is 3.90. The fraction of sp³-hybridized carbons (Fsp3) is 0.412. The van der Waals surface area contributed by atoms with Crippen LogP contribution in [-0.4, -0.2) is 129 Å². The smallest absolute Gasteiger partial charge is 0.332 e. The summed E-state index contributed by atoms with van der Waals surface area (Å²) in [5.41, 5.74) is 12.6. The molecule has 19 heteroatoms. The molecule has 3 heterocycles. The molecule has 0 atom stereocenters. The Kier molecular flexibility index (Phi) is 23.4. The molecule has 3 aromatic heterocycles. The Bertz CT molecular complexity index is 1730. The highest BCUT2D eigenvalue weighted by molar-refractivity contribution is 9.10. The van der Waals surface area contributed by atoms with Gasteiger partial charge < -0.3 is 30.6 Å². The number of nitrogens with two attached hydrogens (primary N) is 2. The zero-order valence-electron chi connectivity index (χ0n) is 31.5. The van der Waals surface area contributed by atoms with E-state index >= 15 is 0 Å². The molecule has 18 nitrogen and oxygen atoms in total. The first-order valence-electron chi connectivity index (χ1n) is 15.5. The third-order valence-corrected chi connectivity index (χ3v) is 6.28. The summed E-state index contributed by atoms with van der Waals surface area (Å²) >= 11 is 3.07. The van der Waals surface area contributed by atoms with E-state index in [0.717, 1.165) is 31.5 Å². The zero-order valence-corrected chi connectivity index (χ0v) is 33.1. The molecular weight excluding hydrogens is 754 g/mol. The summed E-state index contributed by atoms with van der Waals surface area (Å²) in [6.07, 6.45) is 11.6. The Balaban J connectivity index is 0.000000720. The van der Waals surface area contributed by atoms with E-state index in [-0.39, 0.29) is 29.1 Å². The van der Waals surface area contributed by atoms with Crippen LogP contribution < -0.4 is 25.7 Å². The van der Waals surface area contributed by atoms with Crippen molar-refractivity contribution in [2.45, 2.75) is 12.8 Å². The van der Waals surface area contributed by atoms with Crippen molar-refractivity contribution in [3.05, 3.63) is 72.6 Å². The van der Waals surface area contributed by atoms with Gasteiger partial charge in [0.25, 0.3) is 11.8 Å². The van der Waals surface area contributed by atoms with E-state index in [2.05, 4.69) is 77.4 Å². The maximum atomic E-state index is 10.7. The molecule has 0 radical (unpaired) electrons. The van der Waals surface area contributed by atoms with Gasteiger partial charge in [0.15, 0.2) is 5.96 Å². The average Bonchev–Trinajstić information content (AvgIpc) is 3.08. The van der Waals surface area contributed by atoms with Crippen molar-refractivity contribution >= 4 is 39.0 Å². The molecule has 0 aliphatic rings. The Morgan fingerprint density at radius 2 is 1.36 bits per heavy atom. The van der Waals surface area contributed by atoms with Gasteiger partial charge in [-0.25, -0.2) is 19.9 Å². The number of methoxy groups -OCH3 is 3. The second-order valence-electron chi connectivity index (χ2n) is 11.2. The highest BCUT2D eigenvalue weighted by Crippen LogP contribution is 2.27. The maximum absolute atomic E-state index is 10.7. The van der Waals surface area contributed by atoms with Crippen LogP contribution in [0.15, 0.2) is 46.3 Å². The molecule has 4 N–H and O–H groups in total. The molecule has 0 aromatic carbocycles. The lowest BCUT2D eigenvalue weighted by molar-refractivity contribution is -0.386. The third-order valence-electron chi connectivity index (χ3n) is 5.85. The summed E-state index contributed by atoms with van der Waals surface area (Å²) in [5, 5.41) is 21.1. The van der Waals surface area contributed by atoms with Crippen LogP contribution in [0, 0.1) is 44.4 Å². The minimum atomic E-state index is -0.545. The predicted molar refractivity (Wildman–Crippen MR) is 209 cm³/mol. The van der Waals surface area contributed by atoms with Gasteiger partial charge in [-0.3, -0.25) is 30.0 Å². The first-order valence-corrected chi connectivity index (χ1v) is 16.3. The van der Waals surface area contributed by atoms with Crippen molar-refractivity contribution in [1.82, 2.24) is 29.7 Å². The lowest BCUT2D eigenvalue weighted by atomic mass is 10.1. The van der Waals surface area contributed by atoms with Crippen molar-refractivity contribution in [3.8, 4) is 41.8 Å². The number of hydrogen-bond acceptors (Lipinski definition) is 14. The number of hydrogen-bond donors (Lipinski definition) is 2. The summed E-state index contributed by atoms with van der Waals surface area (Å²) in [6, 6.07) is 4.60. The molecule has 0 saturated heterocycles. The number of guanidine groups is 1. The molecule has 0 fully saturated rings. The van der Waals surface area contributed by atoms with Gasteiger partial charge in [0, 0.05) is 35.2 Å². The number of aliphatic imine (C=N–C) groups is 1. The van der Waals surface area contributed by atoms with E-state index in [4.69, 9.17) is 27.4 Å². The lowest BCUT2D eigenvalue weighted by Crippen LogP contribution is -2.22. The second kappa shape index (κ2) is 26.2. The molecule has 0 aliphatic carbocycles. The highest BCUT2D eigenvalue weighted by Gasteiger charge is 2.17. The number of halogens is 1. The van der Waals surface area contributed by atoms with E-state index in [1.54, 1.807) is 13.3 Å². The molecule has 0 spiro atoms. The van der Waals surface area contributed by atoms with Crippen LogP contribution >= 0.6 is 15.9 Å². The van der Waals surface area contributed by atoms with Gasteiger partial charge in [-0.1, -0.05) is 17.8 Å².